The van der Waals surface area contributed by atoms with E-state index in [0.717, 1.165) is 5.56 Å². The molecule has 0 unspecified atom stereocenters. The molecule has 0 aromatic carbocycles. The number of amides is 1. The predicted molar refractivity (Wildman–Crippen MR) is 87.0 cm³/mol. The summed E-state index contributed by atoms with van der Waals surface area (Å²) in [6.45, 7) is 2.50. The lowest BCUT2D eigenvalue weighted by atomic mass is 10.2. The van der Waals surface area contributed by atoms with Gasteiger partial charge in [0.2, 0.25) is 5.91 Å². The Morgan fingerprint density at radius 1 is 1.33 bits per heavy atom. The second-order valence-electron chi connectivity index (χ2n) is 4.26. The molecule has 2 aromatic heterocycles. The molecule has 8 heteroatoms. The third-order valence-electron chi connectivity index (χ3n) is 2.76. The number of anilines is 1. The highest BCUT2D eigenvalue weighted by atomic mass is 35.5. The lowest BCUT2D eigenvalue weighted by Crippen LogP contribution is -2.34. The zero-order valence-corrected chi connectivity index (χ0v) is 13.2. The van der Waals surface area contributed by atoms with E-state index in [2.05, 4.69) is 15.4 Å². The number of carbonyl (C=O) groups is 1. The van der Waals surface area contributed by atoms with E-state index >= 15 is 0 Å². The van der Waals surface area contributed by atoms with E-state index in [9.17, 15) is 4.79 Å². The van der Waals surface area contributed by atoms with Gasteiger partial charge in [-0.2, -0.15) is 5.10 Å². The first-order chi connectivity index (χ1) is 9.19. The molecule has 0 aliphatic heterocycles. The minimum atomic E-state index is -0.495. The third-order valence-corrected chi connectivity index (χ3v) is 2.76. The fourth-order valence-electron chi connectivity index (χ4n) is 1.60. The zero-order chi connectivity index (χ0) is 13.7. The summed E-state index contributed by atoms with van der Waals surface area (Å²) in [5.74, 6) is 0.305. The maximum Gasteiger partial charge on any atom is 0.242 e. The summed E-state index contributed by atoms with van der Waals surface area (Å²) in [7, 11) is 0. The van der Waals surface area contributed by atoms with E-state index in [1.165, 1.54) is 0 Å². The van der Waals surface area contributed by atoms with Crippen molar-refractivity contribution in [1.82, 2.24) is 14.8 Å². The Balaban J connectivity index is 0.00000200. The number of nitrogens with two attached hydrogens (primary N) is 1. The van der Waals surface area contributed by atoms with Crippen molar-refractivity contribution in [3.63, 3.8) is 0 Å². The van der Waals surface area contributed by atoms with E-state index in [-0.39, 0.29) is 30.7 Å². The van der Waals surface area contributed by atoms with Crippen LogP contribution in [0, 0.1) is 0 Å². The number of nitrogens with one attached hydrogen (secondary N) is 1. The topological polar surface area (TPSA) is 85.8 Å². The Hall–Kier alpha value is -1.63. The van der Waals surface area contributed by atoms with E-state index in [1.807, 2.05) is 25.3 Å². The molecule has 0 spiro atoms. The van der Waals surface area contributed by atoms with Gasteiger partial charge in [-0.3, -0.25) is 14.5 Å². The molecule has 0 radical (unpaired) electrons. The Bertz CT molecular complexity index is 547. The molecule has 0 fully saturated rings. The number of rotatable bonds is 5. The van der Waals surface area contributed by atoms with Crippen LogP contribution in [0.5, 0.6) is 0 Å². The molecule has 116 valence electrons. The van der Waals surface area contributed by atoms with Crippen molar-refractivity contribution in [2.45, 2.75) is 25.9 Å². The summed E-state index contributed by atoms with van der Waals surface area (Å²) >= 11 is 0. The first-order valence-electron chi connectivity index (χ1n) is 6.18. The van der Waals surface area contributed by atoms with Crippen LogP contribution in [0.1, 0.15) is 18.9 Å². The van der Waals surface area contributed by atoms with Crippen LogP contribution in [0.4, 0.5) is 5.82 Å². The Kier molecular flexibility index (Phi) is 8.61. The van der Waals surface area contributed by atoms with Gasteiger partial charge >= 0.3 is 0 Å². The number of hydrogen-bond donors (Lipinski definition) is 2. The molecule has 21 heavy (non-hydrogen) atoms. The van der Waals surface area contributed by atoms with Gasteiger partial charge in [0.05, 0.1) is 12.6 Å². The van der Waals surface area contributed by atoms with Crippen LogP contribution in [0.25, 0.3) is 0 Å². The quantitative estimate of drug-likeness (QED) is 0.875. The molecule has 1 atom stereocenters. The highest BCUT2D eigenvalue weighted by Gasteiger charge is 2.12. The highest BCUT2D eigenvalue weighted by molar-refractivity contribution is 5.93. The smallest absolute Gasteiger partial charge is 0.242 e. The summed E-state index contributed by atoms with van der Waals surface area (Å²) in [5, 5.41) is 6.96. The van der Waals surface area contributed by atoms with Crippen LogP contribution in [-0.4, -0.2) is 26.7 Å². The third kappa shape index (κ3) is 5.71. The zero-order valence-electron chi connectivity index (χ0n) is 11.6. The van der Waals surface area contributed by atoms with Crippen LogP contribution in [0.2, 0.25) is 0 Å². The van der Waals surface area contributed by atoms with E-state index < -0.39 is 6.04 Å². The fraction of sp³-hybridized carbons (Fsp3) is 0.308. The minimum Gasteiger partial charge on any atom is -0.320 e. The second kappa shape index (κ2) is 9.33. The van der Waals surface area contributed by atoms with Crippen molar-refractivity contribution in [2.75, 3.05) is 5.32 Å². The summed E-state index contributed by atoms with van der Waals surface area (Å²) in [4.78, 5) is 15.6. The van der Waals surface area contributed by atoms with Gasteiger partial charge in [-0.15, -0.1) is 24.8 Å². The molecule has 1 amide bonds. The van der Waals surface area contributed by atoms with Gasteiger partial charge in [-0.25, -0.2) is 0 Å². The average molecular weight is 332 g/mol. The van der Waals surface area contributed by atoms with Crippen molar-refractivity contribution >= 4 is 36.5 Å². The highest BCUT2D eigenvalue weighted by Crippen LogP contribution is 2.06. The van der Waals surface area contributed by atoms with Crippen molar-refractivity contribution < 1.29 is 4.79 Å². The minimum absolute atomic E-state index is 0. The SMILES string of the molecule is CC[C@H](N)C(=O)Nc1ccn(Cc2ccncc2)n1.Cl.Cl. The van der Waals surface area contributed by atoms with Crippen LogP contribution >= 0.6 is 24.8 Å². The van der Waals surface area contributed by atoms with Crippen LogP contribution < -0.4 is 11.1 Å². The maximum absolute atomic E-state index is 11.6. The van der Waals surface area contributed by atoms with Crippen molar-refractivity contribution in [3.05, 3.63) is 42.4 Å². The van der Waals surface area contributed by atoms with Gasteiger partial charge in [-0.05, 0) is 24.1 Å². The summed E-state index contributed by atoms with van der Waals surface area (Å²) in [6.07, 6.45) is 5.89. The number of nitrogens with zero attached hydrogens (tertiary/aromatic N) is 3. The van der Waals surface area contributed by atoms with Gasteiger partial charge in [0.15, 0.2) is 5.82 Å². The molecule has 6 nitrogen and oxygen atoms in total. The van der Waals surface area contributed by atoms with Gasteiger partial charge in [0, 0.05) is 24.7 Å². The van der Waals surface area contributed by atoms with Gasteiger partial charge in [-0.1, -0.05) is 6.92 Å². The molecular formula is C13H19Cl2N5O. The monoisotopic (exact) mass is 331 g/mol. The normalized spacial score (nSPS) is 11.0. The Morgan fingerprint density at radius 3 is 2.62 bits per heavy atom. The molecule has 0 saturated heterocycles. The number of halogens is 2. The summed E-state index contributed by atoms with van der Waals surface area (Å²) in [5.41, 5.74) is 6.74. The Morgan fingerprint density at radius 2 is 2.00 bits per heavy atom. The fourth-order valence-corrected chi connectivity index (χ4v) is 1.60. The molecule has 0 aliphatic rings. The standard InChI is InChI=1S/C13H17N5O.2ClH/c1-2-11(14)13(19)16-12-5-8-18(17-12)9-10-3-6-15-7-4-10;;/h3-8,11H,2,9,14H2,1H3,(H,16,17,19);2*1H/t11-;;/m0../s1. The largest absolute Gasteiger partial charge is 0.320 e. The van der Waals surface area contributed by atoms with E-state index in [0.29, 0.717) is 18.8 Å². The second-order valence-corrected chi connectivity index (χ2v) is 4.26. The lowest BCUT2D eigenvalue weighted by molar-refractivity contribution is -0.117. The number of aromatic nitrogens is 3. The van der Waals surface area contributed by atoms with Gasteiger partial charge in [0.1, 0.15) is 0 Å². The summed E-state index contributed by atoms with van der Waals surface area (Å²) in [6, 6.07) is 5.10. The first-order valence-corrected chi connectivity index (χ1v) is 6.18. The number of carbonyl (C=O) groups excluding carboxylic acids is 1. The summed E-state index contributed by atoms with van der Waals surface area (Å²) < 4.78 is 1.75. The first kappa shape index (κ1) is 19.4. The molecule has 0 saturated carbocycles. The number of hydrogen-bond acceptors (Lipinski definition) is 4. The molecule has 2 aromatic rings. The Labute approximate surface area is 135 Å². The van der Waals surface area contributed by atoms with Gasteiger partial charge < -0.3 is 11.1 Å². The molecule has 3 N–H and O–H groups in total. The van der Waals surface area contributed by atoms with Crippen molar-refractivity contribution in [3.8, 4) is 0 Å². The van der Waals surface area contributed by atoms with Crippen LogP contribution in [-0.2, 0) is 11.3 Å². The molecule has 0 aliphatic carbocycles. The molecule has 2 heterocycles. The predicted octanol–water partition coefficient (Wildman–Crippen LogP) is 1.85. The van der Waals surface area contributed by atoms with E-state index in [1.54, 1.807) is 23.1 Å². The van der Waals surface area contributed by atoms with Gasteiger partial charge in [0.25, 0.3) is 0 Å². The maximum atomic E-state index is 11.6. The van der Waals surface area contributed by atoms with Crippen molar-refractivity contribution in [1.29, 1.82) is 0 Å². The lowest BCUT2D eigenvalue weighted by Gasteiger charge is -2.07. The number of pyridine rings is 1. The van der Waals surface area contributed by atoms with Crippen LogP contribution in [0.3, 0.4) is 0 Å². The van der Waals surface area contributed by atoms with Crippen LogP contribution in [0.15, 0.2) is 36.8 Å². The van der Waals surface area contributed by atoms with Crippen molar-refractivity contribution in [2.24, 2.45) is 5.73 Å². The molecule has 0 bridgehead atoms. The molecule has 2 rings (SSSR count). The molecular weight excluding hydrogens is 313 g/mol. The van der Waals surface area contributed by atoms with E-state index in [4.69, 9.17) is 5.73 Å². The average Bonchev–Trinajstić information content (AvgIpc) is 2.86.